The predicted octanol–water partition coefficient (Wildman–Crippen LogP) is 3.98. The first kappa shape index (κ1) is 14.2. The van der Waals surface area contributed by atoms with Gasteiger partial charge in [0.05, 0.1) is 0 Å². The second kappa shape index (κ2) is 6.80. The summed E-state index contributed by atoms with van der Waals surface area (Å²) in [6.45, 7) is 6.82. The van der Waals surface area contributed by atoms with E-state index in [4.69, 9.17) is 0 Å². The van der Waals surface area contributed by atoms with Gasteiger partial charge in [0.15, 0.2) is 0 Å². The Morgan fingerprint density at radius 3 is 2.12 bits per heavy atom. The van der Waals surface area contributed by atoms with Crippen molar-refractivity contribution >= 4 is 0 Å². The minimum Gasteiger partial charge on any atom is -0.396 e. The van der Waals surface area contributed by atoms with Crippen molar-refractivity contribution < 1.29 is 5.11 Å². The van der Waals surface area contributed by atoms with Crippen LogP contribution in [0.15, 0.2) is 24.3 Å². The molecule has 0 aromatic heterocycles. The molecule has 0 bridgehead atoms. The maximum Gasteiger partial charge on any atom is 0.0484 e. The quantitative estimate of drug-likeness (QED) is 0.756. The zero-order valence-electron chi connectivity index (χ0n) is 11.5. The fourth-order valence-electron chi connectivity index (χ4n) is 2.03. The van der Waals surface area contributed by atoms with Gasteiger partial charge in [0.1, 0.15) is 0 Å². The van der Waals surface area contributed by atoms with Crippen molar-refractivity contribution in [2.45, 2.75) is 52.9 Å². The maximum absolute atomic E-state index is 9.35. The van der Waals surface area contributed by atoms with Crippen LogP contribution in [0.1, 0.15) is 51.2 Å². The van der Waals surface area contributed by atoms with Gasteiger partial charge in [0.2, 0.25) is 0 Å². The van der Waals surface area contributed by atoms with Crippen LogP contribution in [-0.2, 0) is 12.8 Å². The summed E-state index contributed by atoms with van der Waals surface area (Å²) in [7, 11) is 0. The minimum atomic E-state index is 0.114. The van der Waals surface area contributed by atoms with Gasteiger partial charge in [-0.15, -0.1) is 0 Å². The Balaban J connectivity index is 2.40. The largest absolute Gasteiger partial charge is 0.396 e. The third-order valence-electron chi connectivity index (χ3n) is 3.91. The van der Waals surface area contributed by atoms with E-state index in [1.807, 2.05) is 0 Å². The summed E-state index contributed by atoms with van der Waals surface area (Å²) in [5.41, 5.74) is 2.93. The average molecular weight is 234 g/mol. The van der Waals surface area contributed by atoms with E-state index >= 15 is 0 Å². The topological polar surface area (TPSA) is 20.2 Å². The summed E-state index contributed by atoms with van der Waals surface area (Å²) in [4.78, 5) is 0. The summed E-state index contributed by atoms with van der Waals surface area (Å²) < 4.78 is 0. The van der Waals surface area contributed by atoms with E-state index in [9.17, 15) is 5.11 Å². The molecule has 0 spiro atoms. The zero-order chi connectivity index (χ0) is 12.7. The number of aliphatic hydroxyl groups excluding tert-OH is 1. The maximum atomic E-state index is 9.35. The zero-order valence-corrected chi connectivity index (χ0v) is 11.5. The van der Waals surface area contributed by atoms with Crippen LogP contribution in [0.25, 0.3) is 0 Å². The van der Waals surface area contributed by atoms with Crippen molar-refractivity contribution in [3.63, 3.8) is 0 Å². The van der Waals surface area contributed by atoms with Crippen molar-refractivity contribution in [2.75, 3.05) is 6.61 Å². The summed E-state index contributed by atoms with van der Waals surface area (Å²) in [5, 5.41) is 9.35. The lowest BCUT2D eigenvalue weighted by molar-refractivity contribution is 0.126. The first-order valence-electron chi connectivity index (χ1n) is 6.82. The summed E-state index contributed by atoms with van der Waals surface area (Å²) in [6.07, 6.45) is 5.56. The van der Waals surface area contributed by atoms with Crippen molar-refractivity contribution in [2.24, 2.45) is 5.41 Å². The molecule has 0 aliphatic heterocycles. The second-order valence-electron chi connectivity index (χ2n) is 5.35. The van der Waals surface area contributed by atoms with Gasteiger partial charge < -0.3 is 5.11 Å². The molecule has 96 valence electrons. The van der Waals surface area contributed by atoms with E-state index in [2.05, 4.69) is 45.0 Å². The van der Waals surface area contributed by atoms with Crippen LogP contribution < -0.4 is 0 Å². The van der Waals surface area contributed by atoms with E-state index in [0.29, 0.717) is 6.61 Å². The van der Waals surface area contributed by atoms with Crippen LogP contribution in [0.5, 0.6) is 0 Å². The number of aliphatic hydroxyl groups is 1. The van der Waals surface area contributed by atoms with Gasteiger partial charge >= 0.3 is 0 Å². The molecule has 1 rings (SSSR count). The molecule has 1 aromatic carbocycles. The van der Waals surface area contributed by atoms with E-state index in [1.54, 1.807) is 0 Å². The molecule has 1 nitrogen and oxygen atoms in total. The van der Waals surface area contributed by atoms with Crippen molar-refractivity contribution in [3.05, 3.63) is 35.4 Å². The summed E-state index contributed by atoms with van der Waals surface area (Å²) >= 11 is 0. The minimum absolute atomic E-state index is 0.114. The SMILES string of the molecule is CCc1ccc(CCCC(C)(CC)CO)cc1. The van der Waals surface area contributed by atoms with Gasteiger partial charge in [0.25, 0.3) is 0 Å². The van der Waals surface area contributed by atoms with Gasteiger partial charge in [-0.3, -0.25) is 0 Å². The molecule has 1 N–H and O–H groups in total. The molecule has 1 atom stereocenters. The number of rotatable bonds is 7. The molecule has 1 heteroatoms. The van der Waals surface area contributed by atoms with Crippen LogP contribution in [0.4, 0.5) is 0 Å². The normalized spacial score (nSPS) is 14.6. The molecule has 1 aromatic rings. The summed E-state index contributed by atoms with van der Waals surface area (Å²) in [5.74, 6) is 0. The predicted molar refractivity (Wildman–Crippen MR) is 74.2 cm³/mol. The fraction of sp³-hybridized carbons (Fsp3) is 0.625. The van der Waals surface area contributed by atoms with Crippen LogP contribution in [0, 0.1) is 5.41 Å². The molecule has 0 fully saturated rings. The molecule has 0 radical (unpaired) electrons. The first-order valence-corrected chi connectivity index (χ1v) is 6.82. The highest BCUT2D eigenvalue weighted by atomic mass is 16.3. The van der Waals surface area contributed by atoms with Crippen LogP contribution >= 0.6 is 0 Å². The number of hydrogen-bond donors (Lipinski definition) is 1. The lowest BCUT2D eigenvalue weighted by Gasteiger charge is -2.25. The second-order valence-corrected chi connectivity index (χ2v) is 5.35. The third-order valence-corrected chi connectivity index (χ3v) is 3.91. The van der Waals surface area contributed by atoms with Gasteiger partial charge in [0, 0.05) is 6.61 Å². The smallest absolute Gasteiger partial charge is 0.0484 e. The van der Waals surface area contributed by atoms with Crippen molar-refractivity contribution in [3.8, 4) is 0 Å². The highest BCUT2D eigenvalue weighted by molar-refractivity contribution is 5.22. The van der Waals surface area contributed by atoms with Crippen LogP contribution in [0.3, 0.4) is 0 Å². The molecular weight excluding hydrogens is 208 g/mol. The molecule has 0 aliphatic rings. The van der Waals surface area contributed by atoms with E-state index in [0.717, 1.165) is 32.1 Å². The standard InChI is InChI=1S/C16H26O/c1-4-14-8-10-15(11-9-14)7-6-12-16(3,5-2)13-17/h8-11,17H,4-7,12-13H2,1-3H3. The highest BCUT2D eigenvalue weighted by Crippen LogP contribution is 2.27. The molecule has 17 heavy (non-hydrogen) atoms. The monoisotopic (exact) mass is 234 g/mol. The third kappa shape index (κ3) is 4.51. The Labute approximate surface area is 106 Å². The number of hydrogen-bond acceptors (Lipinski definition) is 1. The fourth-order valence-corrected chi connectivity index (χ4v) is 2.03. The molecule has 1 unspecified atom stereocenters. The van der Waals surface area contributed by atoms with Gasteiger partial charge in [-0.05, 0) is 48.6 Å². The Morgan fingerprint density at radius 2 is 1.65 bits per heavy atom. The van der Waals surface area contributed by atoms with E-state index in [-0.39, 0.29) is 5.41 Å². The van der Waals surface area contributed by atoms with Gasteiger partial charge in [-0.2, -0.15) is 0 Å². The van der Waals surface area contributed by atoms with E-state index < -0.39 is 0 Å². The molecule has 0 amide bonds. The number of aryl methyl sites for hydroxylation is 2. The van der Waals surface area contributed by atoms with Crippen LogP contribution in [0.2, 0.25) is 0 Å². The molecule has 0 saturated carbocycles. The first-order chi connectivity index (χ1) is 8.13. The molecule has 0 heterocycles. The highest BCUT2D eigenvalue weighted by Gasteiger charge is 2.19. The van der Waals surface area contributed by atoms with Crippen LogP contribution in [-0.4, -0.2) is 11.7 Å². The van der Waals surface area contributed by atoms with Crippen molar-refractivity contribution in [1.29, 1.82) is 0 Å². The number of benzene rings is 1. The Morgan fingerprint density at radius 1 is 1.06 bits per heavy atom. The molecule has 0 saturated heterocycles. The van der Waals surface area contributed by atoms with Crippen molar-refractivity contribution in [1.82, 2.24) is 0 Å². The Hall–Kier alpha value is -0.820. The summed E-state index contributed by atoms with van der Waals surface area (Å²) in [6, 6.07) is 8.92. The Bertz CT molecular complexity index is 309. The van der Waals surface area contributed by atoms with E-state index in [1.165, 1.54) is 11.1 Å². The lowest BCUT2D eigenvalue weighted by atomic mass is 9.83. The van der Waals surface area contributed by atoms with Gasteiger partial charge in [-0.25, -0.2) is 0 Å². The molecule has 0 aliphatic carbocycles. The van der Waals surface area contributed by atoms with Gasteiger partial charge in [-0.1, -0.05) is 45.0 Å². The molecular formula is C16H26O. The Kier molecular flexibility index (Phi) is 5.70. The average Bonchev–Trinajstić information content (AvgIpc) is 2.39. The lowest BCUT2D eigenvalue weighted by Crippen LogP contribution is -2.20.